The molecule has 2 rings (SSSR count). The number of hydrogen-bond donors (Lipinski definition) is 3. The summed E-state index contributed by atoms with van der Waals surface area (Å²) in [6, 6.07) is 5.37. The van der Waals surface area contributed by atoms with Gasteiger partial charge in [-0.25, -0.2) is 0 Å². The Morgan fingerprint density at radius 3 is 2.65 bits per heavy atom. The van der Waals surface area contributed by atoms with Crippen molar-refractivity contribution < 1.29 is 9.59 Å². The molecule has 2 unspecified atom stereocenters. The molecule has 108 valence electrons. The summed E-state index contributed by atoms with van der Waals surface area (Å²) < 4.78 is 0. The maximum absolute atomic E-state index is 12.2. The van der Waals surface area contributed by atoms with Gasteiger partial charge < -0.3 is 16.0 Å². The van der Waals surface area contributed by atoms with E-state index in [9.17, 15) is 9.59 Å². The second-order valence-corrected chi connectivity index (χ2v) is 5.40. The van der Waals surface area contributed by atoms with Gasteiger partial charge in [-0.2, -0.15) is 0 Å². The minimum atomic E-state index is -0.138. The van der Waals surface area contributed by atoms with Crippen LogP contribution in [-0.4, -0.2) is 24.4 Å². The molecular weight excluding hydrogens is 254 g/mol. The maximum atomic E-state index is 12.2. The van der Waals surface area contributed by atoms with Gasteiger partial charge >= 0.3 is 0 Å². The van der Waals surface area contributed by atoms with Gasteiger partial charge in [0.25, 0.3) is 0 Å². The zero-order valence-electron chi connectivity index (χ0n) is 12.1. The highest BCUT2D eigenvalue weighted by Crippen LogP contribution is 2.22. The Morgan fingerprint density at radius 2 is 2.05 bits per heavy atom. The van der Waals surface area contributed by atoms with Gasteiger partial charge in [0.1, 0.15) is 0 Å². The van der Waals surface area contributed by atoms with Gasteiger partial charge in [0, 0.05) is 18.3 Å². The highest BCUT2D eigenvalue weighted by molar-refractivity contribution is 5.96. The van der Waals surface area contributed by atoms with Crippen molar-refractivity contribution in [2.45, 2.75) is 33.2 Å². The second-order valence-electron chi connectivity index (χ2n) is 5.40. The molecule has 2 amide bonds. The lowest BCUT2D eigenvalue weighted by molar-refractivity contribution is -0.118. The highest BCUT2D eigenvalue weighted by Gasteiger charge is 2.29. The van der Waals surface area contributed by atoms with Crippen LogP contribution in [0.2, 0.25) is 0 Å². The van der Waals surface area contributed by atoms with Gasteiger partial charge in [0.05, 0.1) is 6.04 Å². The van der Waals surface area contributed by atoms with Crippen molar-refractivity contribution in [2.24, 2.45) is 5.92 Å². The molecule has 0 radical (unpaired) electrons. The number of nitrogens with one attached hydrogen (secondary N) is 3. The zero-order chi connectivity index (χ0) is 14.7. The van der Waals surface area contributed by atoms with E-state index in [4.69, 9.17) is 0 Å². The van der Waals surface area contributed by atoms with Crippen molar-refractivity contribution in [3.8, 4) is 0 Å². The molecule has 0 aliphatic carbocycles. The Bertz CT molecular complexity index is 528. The van der Waals surface area contributed by atoms with Gasteiger partial charge in [-0.3, -0.25) is 9.59 Å². The molecule has 1 heterocycles. The number of aryl methyl sites for hydroxylation is 1. The van der Waals surface area contributed by atoms with Crippen LogP contribution in [0.15, 0.2) is 18.2 Å². The molecule has 0 saturated carbocycles. The molecule has 0 spiro atoms. The largest absolute Gasteiger partial charge is 0.326 e. The van der Waals surface area contributed by atoms with Gasteiger partial charge in [-0.1, -0.05) is 13.0 Å². The minimum Gasteiger partial charge on any atom is -0.326 e. The molecular formula is C15H21N3O2. The van der Waals surface area contributed by atoms with Crippen LogP contribution in [0, 0.1) is 12.8 Å². The van der Waals surface area contributed by atoms with Crippen molar-refractivity contribution in [2.75, 3.05) is 17.2 Å². The van der Waals surface area contributed by atoms with E-state index in [0.29, 0.717) is 11.6 Å². The SMILES string of the molecule is CC(=O)Nc1cc(NC(=O)C2NCCC2C)ccc1C. The summed E-state index contributed by atoms with van der Waals surface area (Å²) in [4.78, 5) is 23.3. The first-order chi connectivity index (χ1) is 9.47. The molecule has 0 aromatic heterocycles. The van der Waals surface area contributed by atoms with Crippen LogP contribution in [0.1, 0.15) is 25.8 Å². The summed E-state index contributed by atoms with van der Waals surface area (Å²) in [7, 11) is 0. The summed E-state index contributed by atoms with van der Waals surface area (Å²) in [6.07, 6.45) is 1.02. The van der Waals surface area contributed by atoms with E-state index < -0.39 is 0 Å². The van der Waals surface area contributed by atoms with Crippen molar-refractivity contribution in [1.29, 1.82) is 0 Å². The summed E-state index contributed by atoms with van der Waals surface area (Å²) in [5.74, 6) is 0.200. The Morgan fingerprint density at radius 1 is 1.30 bits per heavy atom. The van der Waals surface area contributed by atoms with Crippen molar-refractivity contribution in [1.82, 2.24) is 5.32 Å². The zero-order valence-corrected chi connectivity index (χ0v) is 12.1. The monoisotopic (exact) mass is 275 g/mol. The number of benzene rings is 1. The molecule has 1 aliphatic heterocycles. The average Bonchev–Trinajstić information content (AvgIpc) is 2.79. The normalized spacial score (nSPS) is 21.6. The van der Waals surface area contributed by atoms with Crippen molar-refractivity contribution in [3.05, 3.63) is 23.8 Å². The van der Waals surface area contributed by atoms with Gasteiger partial charge in [-0.15, -0.1) is 0 Å². The number of anilines is 2. The Kier molecular flexibility index (Phi) is 4.39. The van der Waals surface area contributed by atoms with Gasteiger partial charge in [-0.05, 0) is 43.5 Å². The molecule has 2 atom stereocenters. The first kappa shape index (κ1) is 14.5. The van der Waals surface area contributed by atoms with Crippen LogP contribution < -0.4 is 16.0 Å². The summed E-state index contributed by atoms with van der Waals surface area (Å²) in [5, 5.41) is 8.86. The number of carbonyl (C=O) groups is 2. The molecule has 1 fully saturated rings. The summed E-state index contributed by atoms with van der Waals surface area (Å²) in [5.41, 5.74) is 2.39. The van der Waals surface area contributed by atoms with Crippen LogP contribution in [0.5, 0.6) is 0 Å². The molecule has 1 aromatic rings. The standard InChI is InChI=1S/C15H21N3O2/c1-9-4-5-12(8-13(9)17-11(3)19)18-15(20)14-10(2)6-7-16-14/h4-5,8,10,14,16H,6-7H2,1-3H3,(H,17,19)(H,18,20). The van der Waals surface area contributed by atoms with E-state index in [0.717, 1.165) is 24.2 Å². The fourth-order valence-electron chi connectivity index (χ4n) is 2.43. The lowest BCUT2D eigenvalue weighted by atomic mass is 10.0. The molecule has 5 heteroatoms. The van der Waals surface area contributed by atoms with Crippen LogP contribution in [0.25, 0.3) is 0 Å². The van der Waals surface area contributed by atoms with Crippen LogP contribution in [-0.2, 0) is 9.59 Å². The fraction of sp³-hybridized carbons (Fsp3) is 0.467. The van der Waals surface area contributed by atoms with Crippen molar-refractivity contribution >= 4 is 23.2 Å². The number of amides is 2. The molecule has 3 N–H and O–H groups in total. The molecule has 5 nitrogen and oxygen atoms in total. The minimum absolute atomic E-state index is 0.0207. The predicted molar refractivity (Wildman–Crippen MR) is 79.7 cm³/mol. The third kappa shape index (κ3) is 3.36. The lowest BCUT2D eigenvalue weighted by Crippen LogP contribution is -2.39. The third-order valence-corrected chi connectivity index (χ3v) is 3.63. The molecule has 1 saturated heterocycles. The smallest absolute Gasteiger partial charge is 0.241 e. The highest BCUT2D eigenvalue weighted by atomic mass is 16.2. The first-order valence-corrected chi connectivity index (χ1v) is 6.90. The topological polar surface area (TPSA) is 70.2 Å². The van der Waals surface area contributed by atoms with E-state index in [1.807, 2.05) is 19.1 Å². The number of carbonyl (C=O) groups excluding carboxylic acids is 2. The Labute approximate surface area is 119 Å². The van der Waals surface area contributed by atoms with E-state index in [2.05, 4.69) is 22.9 Å². The second kappa shape index (κ2) is 6.05. The fourth-order valence-corrected chi connectivity index (χ4v) is 2.43. The average molecular weight is 275 g/mol. The first-order valence-electron chi connectivity index (χ1n) is 6.90. The van der Waals surface area contributed by atoms with Crippen molar-refractivity contribution in [3.63, 3.8) is 0 Å². The summed E-state index contributed by atoms with van der Waals surface area (Å²) >= 11 is 0. The molecule has 1 aliphatic rings. The lowest BCUT2D eigenvalue weighted by Gasteiger charge is -2.16. The summed E-state index contributed by atoms with van der Waals surface area (Å²) in [6.45, 7) is 6.33. The number of hydrogen-bond acceptors (Lipinski definition) is 3. The Balaban J connectivity index is 2.09. The quantitative estimate of drug-likeness (QED) is 0.789. The van der Waals surface area contributed by atoms with E-state index in [-0.39, 0.29) is 17.9 Å². The van der Waals surface area contributed by atoms with Gasteiger partial charge in [0.15, 0.2) is 0 Å². The van der Waals surface area contributed by atoms with E-state index in [1.165, 1.54) is 6.92 Å². The van der Waals surface area contributed by atoms with Gasteiger partial charge in [0.2, 0.25) is 11.8 Å². The van der Waals surface area contributed by atoms with Crippen LogP contribution in [0.3, 0.4) is 0 Å². The molecule has 20 heavy (non-hydrogen) atoms. The molecule has 0 bridgehead atoms. The van der Waals surface area contributed by atoms with E-state index >= 15 is 0 Å². The maximum Gasteiger partial charge on any atom is 0.241 e. The third-order valence-electron chi connectivity index (χ3n) is 3.63. The predicted octanol–water partition coefficient (Wildman–Crippen LogP) is 1.89. The Hall–Kier alpha value is -1.88. The number of rotatable bonds is 3. The van der Waals surface area contributed by atoms with Crippen LogP contribution in [0.4, 0.5) is 11.4 Å². The van der Waals surface area contributed by atoms with Crippen LogP contribution >= 0.6 is 0 Å². The van der Waals surface area contributed by atoms with E-state index in [1.54, 1.807) is 6.07 Å². The molecule has 1 aromatic carbocycles.